The van der Waals surface area contributed by atoms with Crippen molar-refractivity contribution in [1.29, 1.82) is 0 Å². The molecule has 1 aliphatic rings. The summed E-state index contributed by atoms with van der Waals surface area (Å²) in [7, 11) is -4.42. The Kier molecular flexibility index (Phi) is 6.80. The van der Waals surface area contributed by atoms with Crippen LogP contribution in [-0.4, -0.2) is 35.1 Å². The molecule has 1 aliphatic carbocycles. The van der Waals surface area contributed by atoms with Gasteiger partial charge in [0.15, 0.2) is 5.82 Å². The fourth-order valence-corrected chi connectivity index (χ4v) is 4.66. The highest BCUT2D eigenvalue weighted by Gasteiger charge is 2.64. The van der Waals surface area contributed by atoms with Crippen LogP contribution in [0.25, 0.3) is 22.3 Å². The minimum absolute atomic E-state index is 0.0404. The lowest BCUT2D eigenvalue weighted by Gasteiger charge is -2.22. The van der Waals surface area contributed by atoms with Crippen molar-refractivity contribution < 1.29 is 39.2 Å². The molecule has 0 saturated heterocycles. The largest absolute Gasteiger partial charge is 0.416 e. The summed E-state index contributed by atoms with van der Waals surface area (Å²) in [6.07, 6.45) is -10.0. The SMILES string of the molecule is NS(=O)(=O)c1ccc(CNc2nc(NC3(C(F)(F)F)CC3)c3nc(-c4ccc(F)cc4)ccc3n2)c(C(F)(F)F)c1. The molecule has 2 aromatic carbocycles. The summed E-state index contributed by atoms with van der Waals surface area (Å²) < 4.78 is 119. The molecule has 1 fully saturated rings. The quantitative estimate of drug-likeness (QED) is 0.236. The van der Waals surface area contributed by atoms with E-state index in [0.717, 1.165) is 12.1 Å². The maximum absolute atomic E-state index is 13.8. The highest BCUT2D eigenvalue weighted by molar-refractivity contribution is 7.89. The molecule has 16 heteroatoms. The molecule has 2 aromatic heterocycles. The van der Waals surface area contributed by atoms with Gasteiger partial charge in [0.05, 0.1) is 21.7 Å². The third-order valence-electron chi connectivity index (χ3n) is 6.48. The van der Waals surface area contributed by atoms with Crippen LogP contribution in [0.15, 0.2) is 59.5 Å². The normalized spacial score (nSPS) is 15.1. The van der Waals surface area contributed by atoms with Gasteiger partial charge in [-0.1, -0.05) is 6.07 Å². The van der Waals surface area contributed by atoms with Crippen molar-refractivity contribution in [3.63, 3.8) is 0 Å². The van der Waals surface area contributed by atoms with E-state index in [1.165, 1.54) is 36.4 Å². The van der Waals surface area contributed by atoms with Crippen LogP contribution in [0.4, 0.5) is 42.5 Å². The fourth-order valence-electron chi connectivity index (χ4n) is 4.12. The highest BCUT2D eigenvalue weighted by atomic mass is 32.2. The summed E-state index contributed by atoms with van der Waals surface area (Å²) in [6, 6.07) is 10.4. The summed E-state index contributed by atoms with van der Waals surface area (Å²) in [4.78, 5) is 11.9. The van der Waals surface area contributed by atoms with Crippen LogP contribution < -0.4 is 15.8 Å². The lowest BCUT2D eigenvalue weighted by molar-refractivity contribution is -0.151. The molecule has 0 radical (unpaired) electrons. The Morgan fingerprint density at radius 1 is 0.902 bits per heavy atom. The topological polar surface area (TPSA) is 123 Å². The molecule has 2 heterocycles. The van der Waals surface area contributed by atoms with E-state index < -0.39 is 50.7 Å². The lowest BCUT2D eigenvalue weighted by atomic mass is 10.1. The van der Waals surface area contributed by atoms with Crippen LogP contribution in [0.3, 0.4) is 0 Å². The average Bonchev–Trinajstić information content (AvgIpc) is 3.67. The van der Waals surface area contributed by atoms with Crippen LogP contribution in [0.1, 0.15) is 24.0 Å². The van der Waals surface area contributed by atoms with Gasteiger partial charge >= 0.3 is 12.4 Å². The van der Waals surface area contributed by atoms with Gasteiger partial charge in [0.25, 0.3) is 0 Å². The van der Waals surface area contributed by atoms with Gasteiger partial charge in [-0.05, 0) is 66.9 Å². The Morgan fingerprint density at radius 3 is 2.17 bits per heavy atom. The van der Waals surface area contributed by atoms with Gasteiger partial charge in [-0.3, -0.25) is 0 Å². The Labute approximate surface area is 227 Å². The molecule has 41 heavy (non-hydrogen) atoms. The number of benzene rings is 2. The number of nitrogens with two attached hydrogens (primary N) is 1. The zero-order valence-electron chi connectivity index (χ0n) is 20.6. The first kappa shape index (κ1) is 28.5. The predicted octanol–water partition coefficient (Wildman–Crippen LogP) is 5.62. The molecule has 0 spiro atoms. The van der Waals surface area contributed by atoms with E-state index in [-0.39, 0.29) is 41.2 Å². The number of hydrogen-bond acceptors (Lipinski definition) is 7. The van der Waals surface area contributed by atoms with Gasteiger partial charge in [-0.2, -0.15) is 31.3 Å². The van der Waals surface area contributed by atoms with Gasteiger partial charge < -0.3 is 10.6 Å². The molecule has 0 unspecified atom stereocenters. The Hall–Kier alpha value is -4.05. The second-order valence-electron chi connectivity index (χ2n) is 9.39. The van der Waals surface area contributed by atoms with Crippen LogP contribution in [0.5, 0.6) is 0 Å². The second kappa shape index (κ2) is 9.80. The molecule has 4 aromatic rings. The van der Waals surface area contributed by atoms with Gasteiger partial charge in [-0.15, -0.1) is 0 Å². The highest BCUT2D eigenvalue weighted by Crippen LogP contribution is 2.51. The third-order valence-corrected chi connectivity index (χ3v) is 7.40. The Balaban J connectivity index is 1.54. The molecule has 0 aliphatic heterocycles. The lowest BCUT2D eigenvalue weighted by Crippen LogP contribution is -2.39. The van der Waals surface area contributed by atoms with Crippen molar-refractivity contribution in [2.24, 2.45) is 5.14 Å². The van der Waals surface area contributed by atoms with Gasteiger partial charge in [0, 0.05) is 12.1 Å². The fraction of sp³-hybridized carbons (Fsp3) is 0.240. The minimum atomic E-state index is -4.94. The van der Waals surface area contributed by atoms with E-state index in [4.69, 9.17) is 5.14 Å². The Morgan fingerprint density at radius 2 is 1.59 bits per heavy atom. The molecule has 216 valence electrons. The molecule has 0 amide bonds. The first-order valence-electron chi connectivity index (χ1n) is 11.8. The molecular formula is C25H19F7N6O2S. The van der Waals surface area contributed by atoms with Crippen LogP contribution in [0, 0.1) is 5.82 Å². The number of rotatable bonds is 7. The number of aromatic nitrogens is 3. The monoisotopic (exact) mass is 600 g/mol. The Bertz CT molecular complexity index is 1740. The van der Waals surface area contributed by atoms with Crippen molar-refractivity contribution in [1.82, 2.24) is 15.0 Å². The second-order valence-corrected chi connectivity index (χ2v) is 10.9. The third kappa shape index (κ3) is 5.88. The predicted molar refractivity (Wildman–Crippen MR) is 135 cm³/mol. The standard InChI is InChI=1S/C25H19F7N6O2S/c26-15-4-1-13(2-5-15)18-7-8-19-20(35-18)21(38-23(9-10-23)25(30,31)32)37-22(36-19)34-12-14-3-6-16(41(33,39)40)11-17(14)24(27,28)29/h1-8,11H,9-10,12H2,(H2,33,39,40)(H2,34,36,37,38). The van der Waals surface area contributed by atoms with Gasteiger partial charge in [-0.25, -0.2) is 27.9 Å². The average molecular weight is 601 g/mol. The zero-order chi connectivity index (χ0) is 29.8. The number of hydrogen-bond donors (Lipinski definition) is 3. The first-order valence-corrected chi connectivity index (χ1v) is 13.4. The number of primary sulfonamides is 1. The van der Waals surface area contributed by atoms with Crippen LogP contribution >= 0.6 is 0 Å². The smallest absolute Gasteiger partial charge is 0.354 e. The number of nitrogens with one attached hydrogen (secondary N) is 2. The number of nitrogens with zero attached hydrogens (tertiary/aromatic N) is 3. The van der Waals surface area contributed by atoms with E-state index in [1.807, 2.05) is 0 Å². The molecular weight excluding hydrogens is 581 g/mol. The molecule has 5 rings (SSSR count). The van der Waals surface area contributed by atoms with Gasteiger partial charge in [0.1, 0.15) is 16.9 Å². The van der Waals surface area contributed by atoms with Gasteiger partial charge in [0.2, 0.25) is 16.0 Å². The first-order chi connectivity index (χ1) is 19.1. The van der Waals surface area contributed by atoms with E-state index >= 15 is 0 Å². The summed E-state index contributed by atoms with van der Waals surface area (Å²) in [5, 5.41) is 9.92. The number of fused-ring (bicyclic) bond motifs is 1. The summed E-state index contributed by atoms with van der Waals surface area (Å²) in [5.41, 5.74) is -3.12. The van der Waals surface area contributed by atoms with E-state index in [1.54, 1.807) is 0 Å². The number of anilines is 2. The summed E-state index contributed by atoms with van der Waals surface area (Å²) in [6.45, 7) is -0.559. The number of halogens is 7. The van der Waals surface area contributed by atoms with Crippen molar-refractivity contribution in [3.8, 4) is 11.3 Å². The number of sulfonamides is 1. The van der Waals surface area contributed by atoms with Crippen molar-refractivity contribution in [2.45, 2.75) is 42.2 Å². The van der Waals surface area contributed by atoms with Crippen LogP contribution in [-0.2, 0) is 22.7 Å². The van der Waals surface area contributed by atoms with E-state index in [2.05, 4.69) is 25.6 Å². The molecule has 0 atom stereocenters. The van der Waals surface area contributed by atoms with Crippen LogP contribution in [0.2, 0.25) is 0 Å². The molecule has 1 saturated carbocycles. The molecule has 8 nitrogen and oxygen atoms in total. The van der Waals surface area contributed by atoms with E-state index in [0.29, 0.717) is 17.3 Å². The number of pyridine rings is 1. The summed E-state index contributed by atoms with van der Waals surface area (Å²) in [5.74, 6) is -1.11. The maximum atomic E-state index is 13.8. The van der Waals surface area contributed by atoms with Crippen molar-refractivity contribution in [2.75, 3.05) is 10.6 Å². The number of alkyl halides is 6. The molecule has 4 N–H and O–H groups in total. The summed E-state index contributed by atoms with van der Waals surface area (Å²) >= 11 is 0. The minimum Gasteiger partial charge on any atom is -0.354 e. The van der Waals surface area contributed by atoms with Crippen molar-refractivity contribution in [3.05, 3.63) is 71.5 Å². The maximum Gasteiger partial charge on any atom is 0.416 e. The molecule has 0 bridgehead atoms. The zero-order valence-corrected chi connectivity index (χ0v) is 21.4. The van der Waals surface area contributed by atoms with E-state index in [9.17, 15) is 39.2 Å². The van der Waals surface area contributed by atoms with Crippen molar-refractivity contribution >= 4 is 32.8 Å².